The van der Waals surface area contributed by atoms with Crippen molar-refractivity contribution in [2.45, 2.75) is 31.8 Å². The minimum atomic E-state index is -0.552. The molecule has 0 aromatic heterocycles. The Hall–Kier alpha value is -2.19. The molecule has 3 N–H and O–H groups in total. The number of benzene rings is 1. The summed E-state index contributed by atoms with van der Waals surface area (Å²) in [5, 5.41) is 15.2. The maximum Gasteiger partial charge on any atom is 0.315 e. The van der Waals surface area contributed by atoms with Gasteiger partial charge in [-0.05, 0) is 31.7 Å². The zero-order chi connectivity index (χ0) is 16.0. The van der Waals surface area contributed by atoms with Crippen molar-refractivity contribution < 1.29 is 14.6 Å². The molecule has 1 aliphatic carbocycles. The van der Waals surface area contributed by atoms with Crippen LogP contribution in [-0.2, 0) is 6.54 Å². The summed E-state index contributed by atoms with van der Waals surface area (Å²) in [6.45, 7) is 2.33. The molecule has 0 bridgehead atoms. The number of aliphatic hydroxyl groups excluding tert-OH is 1. The van der Waals surface area contributed by atoms with Gasteiger partial charge in [-0.25, -0.2) is 4.79 Å². The zero-order valence-corrected chi connectivity index (χ0v) is 12.8. The van der Waals surface area contributed by atoms with Crippen molar-refractivity contribution in [2.24, 2.45) is 5.92 Å². The van der Waals surface area contributed by atoms with Crippen LogP contribution in [-0.4, -0.2) is 29.9 Å². The first kappa shape index (κ1) is 16.2. The highest BCUT2D eigenvalue weighted by Crippen LogP contribution is 2.39. The van der Waals surface area contributed by atoms with E-state index in [4.69, 9.17) is 11.2 Å². The summed E-state index contributed by atoms with van der Waals surface area (Å²) in [6, 6.07) is 7.12. The molecular weight excluding hydrogens is 280 g/mol. The van der Waals surface area contributed by atoms with Crippen LogP contribution in [0.4, 0.5) is 4.79 Å². The maximum atomic E-state index is 12.0. The third-order valence-electron chi connectivity index (χ3n) is 3.93. The molecule has 22 heavy (non-hydrogen) atoms. The first-order chi connectivity index (χ1) is 10.6. The molecule has 1 atom stereocenters. The van der Waals surface area contributed by atoms with Gasteiger partial charge in [-0.1, -0.05) is 24.1 Å². The number of aliphatic hydroxyl groups is 1. The van der Waals surface area contributed by atoms with Crippen molar-refractivity contribution >= 4 is 6.03 Å². The zero-order valence-electron chi connectivity index (χ0n) is 12.8. The second-order valence-electron chi connectivity index (χ2n) is 5.76. The molecule has 0 radical (unpaired) electrons. The molecule has 0 aliphatic heterocycles. The van der Waals surface area contributed by atoms with Crippen molar-refractivity contribution in [2.75, 3.05) is 13.2 Å². The number of rotatable bonds is 7. The molecule has 1 fully saturated rings. The average Bonchev–Trinajstić information content (AvgIpc) is 3.37. The molecule has 1 aromatic rings. The highest BCUT2D eigenvalue weighted by molar-refractivity contribution is 5.75. The number of hydrogen-bond acceptors (Lipinski definition) is 3. The van der Waals surface area contributed by atoms with Crippen molar-refractivity contribution in [3.05, 3.63) is 29.8 Å². The fourth-order valence-corrected chi connectivity index (χ4v) is 2.38. The number of carbonyl (C=O) groups excluding carboxylic acids is 1. The summed E-state index contributed by atoms with van der Waals surface area (Å²) in [7, 11) is 0. The Morgan fingerprint density at radius 3 is 2.86 bits per heavy atom. The number of nitrogens with one attached hydrogen (secondary N) is 2. The smallest absolute Gasteiger partial charge is 0.315 e. The lowest BCUT2D eigenvalue weighted by atomic mass is 9.97. The fourth-order valence-electron chi connectivity index (χ4n) is 2.38. The number of hydrogen-bond donors (Lipinski definition) is 3. The molecule has 0 saturated heterocycles. The molecule has 1 aromatic carbocycles. The minimum absolute atomic E-state index is 0.0625. The summed E-state index contributed by atoms with van der Waals surface area (Å²) >= 11 is 0. The highest BCUT2D eigenvalue weighted by atomic mass is 16.5. The van der Waals surface area contributed by atoms with Gasteiger partial charge >= 0.3 is 6.03 Å². The predicted octanol–water partition coefficient (Wildman–Crippen LogP) is 1.66. The molecule has 0 heterocycles. The molecule has 118 valence electrons. The van der Waals surface area contributed by atoms with Crippen molar-refractivity contribution in [3.8, 4) is 18.1 Å². The lowest BCUT2D eigenvalue weighted by Crippen LogP contribution is -2.53. The van der Waals surface area contributed by atoms with E-state index in [9.17, 15) is 9.90 Å². The Kier molecular flexibility index (Phi) is 5.29. The molecule has 0 unspecified atom stereocenters. The predicted molar refractivity (Wildman–Crippen MR) is 84.4 cm³/mol. The lowest BCUT2D eigenvalue weighted by Gasteiger charge is -2.28. The monoisotopic (exact) mass is 302 g/mol. The summed E-state index contributed by atoms with van der Waals surface area (Å²) in [4.78, 5) is 12.0. The number of terminal acetylenes is 1. The molecule has 5 heteroatoms. The lowest BCUT2D eigenvalue weighted by molar-refractivity contribution is 0.155. The van der Waals surface area contributed by atoms with Crippen LogP contribution in [0.15, 0.2) is 24.3 Å². The van der Waals surface area contributed by atoms with Crippen LogP contribution in [0.5, 0.6) is 5.75 Å². The van der Waals surface area contributed by atoms with Gasteiger partial charge < -0.3 is 20.5 Å². The molecular formula is C17H22N2O3. The molecule has 1 aliphatic rings. The summed E-state index contributed by atoms with van der Waals surface area (Å²) < 4.78 is 5.44. The Balaban J connectivity index is 1.90. The van der Waals surface area contributed by atoms with Crippen LogP contribution in [0, 0.1) is 18.3 Å². The SMILES string of the molecule is C#CCOc1ccccc1CNC(=O)N[C@](C)(CO)C1CC1. The van der Waals surface area contributed by atoms with Crippen molar-refractivity contribution in [1.29, 1.82) is 0 Å². The Bertz CT molecular complexity index is 563. The van der Waals surface area contributed by atoms with E-state index < -0.39 is 5.54 Å². The Labute approximate surface area is 131 Å². The van der Waals surface area contributed by atoms with E-state index in [0.717, 1.165) is 18.4 Å². The first-order valence-electron chi connectivity index (χ1n) is 7.40. The Morgan fingerprint density at radius 1 is 1.50 bits per heavy atom. The number of amides is 2. The van der Waals surface area contributed by atoms with Gasteiger partial charge in [-0.3, -0.25) is 0 Å². The number of para-hydroxylation sites is 1. The first-order valence-corrected chi connectivity index (χ1v) is 7.40. The van der Waals surface area contributed by atoms with Crippen molar-refractivity contribution in [3.63, 3.8) is 0 Å². The maximum absolute atomic E-state index is 12.0. The molecule has 5 nitrogen and oxygen atoms in total. The topological polar surface area (TPSA) is 70.6 Å². The quantitative estimate of drug-likeness (QED) is 0.671. The fraction of sp³-hybridized carbons (Fsp3) is 0.471. The Morgan fingerprint density at radius 2 is 2.23 bits per heavy atom. The third kappa shape index (κ3) is 4.15. The van der Waals surface area contributed by atoms with E-state index in [-0.39, 0.29) is 19.2 Å². The second kappa shape index (κ2) is 7.19. The van der Waals surface area contributed by atoms with Crippen LogP contribution in [0.3, 0.4) is 0 Å². The van der Waals surface area contributed by atoms with Gasteiger partial charge in [0.2, 0.25) is 0 Å². The second-order valence-corrected chi connectivity index (χ2v) is 5.76. The number of urea groups is 1. The van der Waals surface area contributed by atoms with E-state index in [1.807, 2.05) is 31.2 Å². The highest BCUT2D eigenvalue weighted by Gasteiger charge is 2.42. The average molecular weight is 302 g/mol. The van der Waals surface area contributed by atoms with E-state index in [0.29, 0.717) is 18.2 Å². The van der Waals surface area contributed by atoms with Crippen LogP contribution < -0.4 is 15.4 Å². The van der Waals surface area contributed by atoms with E-state index in [1.165, 1.54) is 0 Å². The van der Waals surface area contributed by atoms with Gasteiger partial charge in [0.15, 0.2) is 0 Å². The van der Waals surface area contributed by atoms with Crippen molar-refractivity contribution in [1.82, 2.24) is 10.6 Å². The summed E-state index contributed by atoms with van der Waals surface area (Å²) in [6.07, 6.45) is 7.27. The third-order valence-corrected chi connectivity index (χ3v) is 3.93. The van der Waals surface area contributed by atoms with Gasteiger partial charge in [-0.2, -0.15) is 0 Å². The minimum Gasteiger partial charge on any atom is -0.481 e. The normalized spacial score (nSPS) is 16.2. The van der Waals surface area contributed by atoms with E-state index >= 15 is 0 Å². The largest absolute Gasteiger partial charge is 0.481 e. The molecule has 2 rings (SSSR count). The molecule has 1 saturated carbocycles. The molecule has 0 spiro atoms. The van der Waals surface area contributed by atoms with Crippen LogP contribution in [0.25, 0.3) is 0 Å². The standard InChI is InChI=1S/C17H22N2O3/c1-3-10-22-15-7-5-4-6-13(15)11-18-16(21)19-17(2,12-20)14-8-9-14/h1,4-7,14,20H,8-12H2,2H3,(H2,18,19,21)/t17-/m1/s1. The van der Waals surface area contributed by atoms with Gasteiger partial charge in [0.05, 0.1) is 12.1 Å². The van der Waals surface area contributed by atoms with Crippen LogP contribution in [0.2, 0.25) is 0 Å². The van der Waals surface area contributed by atoms with Gasteiger partial charge in [0.1, 0.15) is 12.4 Å². The number of carbonyl (C=O) groups is 1. The molecule has 2 amide bonds. The van der Waals surface area contributed by atoms with Gasteiger partial charge in [-0.15, -0.1) is 6.42 Å². The van der Waals surface area contributed by atoms with Crippen LogP contribution >= 0.6 is 0 Å². The number of ether oxygens (including phenoxy) is 1. The van der Waals surface area contributed by atoms with E-state index in [1.54, 1.807) is 0 Å². The van der Waals surface area contributed by atoms with Crippen LogP contribution in [0.1, 0.15) is 25.3 Å². The summed E-state index contributed by atoms with van der Waals surface area (Å²) in [5.74, 6) is 3.43. The van der Waals surface area contributed by atoms with Gasteiger partial charge in [0, 0.05) is 12.1 Å². The van der Waals surface area contributed by atoms with Gasteiger partial charge in [0.25, 0.3) is 0 Å². The summed E-state index contributed by atoms with van der Waals surface area (Å²) in [5.41, 5.74) is 0.300. The van der Waals surface area contributed by atoms with E-state index in [2.05, 4.69) is 16.6 Å².